The Bertz CT molecular complexity index is 325. The highest BCUT2D eigenvalue weighted by molar-refractivity contribution is 7.99. The zero-order valence-electron chi connectivity index (χ0n) is 8.98. The molecule has 0 amide bonds. The van der Waals surface area contributed by atoms with E-state index in [0.29, 0.717) is 6.04 Å². The van der Waals surface area contributed by atoms with Crippen molar-refractivity contribution in [3.8, 4) is 5.75 Å². The molecule has 15 heavy (non-hydrogen) atoms. The van der Waals surface area contributed by atoms with Gasteiger partial charge in [-0.3, -0.25) is 0 Å². The second-order valence-electron chi connectivity index (χ2n) is 3.99. The van der Waals surface area contributed by atoms with Gasteiger partial charge in [0.2, 0.25) is 0 Å². The quantitative estimate of drug-likeness (QED) is 0.779. The Morgan fingerprint density at radius 2 is 2.33 bits per heavy atom. The first-order valence-corrected chi connectivity index (χ1v) is 6.30. The third-order valence-electron chi connectivity index (χ3n) is 2.71. The van der Waals surface area contributed by atoms with Crippen molar-refractivity contribution >= 4 is 11.8 Å². The molecule has 0 saturated heterocycles. The van der Waals surface area contributed by atoms with Gasteiger partial charge in [0.15, 0.2) is 0 Å². The molecule has 0 aromatic heterocycles. The van der Waals surface area contributed by atoms with Crippen LogP contribution in [0.1, 0.15) is 12.8 Å². The van der Waals surface area contributed by atoms with E-state index >= 15 is 0 Å². The molecule has 1 unspecified atom stereocenters. The van der Waals surface area contributed by atoms with Crippen molar-refractivity contribution < 1.29 is 4.74 Å². The second kappa shape index (κ2) is 4.90. The molecular formula is C12H17NOS. The van der Waals surface area contributed by atoms with Crippen molar-refractivity contribution in [2.75, 3.05) is 12.9 Å². The summed E-state index contributed by atoms with van der Waals surface area (Å²) in [6, 6.07) is 8.51. The zero-order chi connectivity index (χ0) is 10.7. The van der Waals surface area contributed by atoms with Crippen LogP contribution in [0.3, 0.4) is 0 Å². The third-order valence-corrected chi connectivity index (χ3v) is 3.85. The van der Waals surface area contributed by atoms with Crippen LogP contribution in [0.2, 0.25) is 0 Å². The predicted molar refractivity (Wildman–Crippen MR) is 64.4 cm³/mol. The number of rotatable bonds is 5. The highest BCUT2D eigenvalue weighted by Gasteiger charge is 2.28. The maximum absolute atomic E-state index is 6.05. The SMILES string of the molecule is COc1cccc(SCC(N)C2CC2)c1. The molecule has 1 saturated carbocycles. The molecule has 0 radical (unpaired) electrons. The molecule has 0 bridgehead atoms. The van der Waals surface area contributed by atoms with Gasteiger partial charge in [-0.25, -0.2) is 0 Å². The molecule has 2 rings (SSSR count). The van der Waals surface area contributed by atoms with Gasteiger partial charge < -0.3 is 10.5 Å². The normalized spacial score (nSPS) is 17.5. The fourth-order valence-corrected chi connectivity index (χ4v) is 2.58. The minimum Gasteiger partial charge on any atom is -0.497 e. The van der Waals surface area contributed by atoms with Gasteiger partial charge >= 0.3 is 0 Å². The van der Waals surface area contributed by atoms with Crippen molar-refractivity contribution in [2.24, 2.45) is 11.7 Å². The van der Waals surface area contributed by atoms with Crippen LogP contribution in [0, 0.1) is 5.92 Å². The molecule has 1 fully saturated rings. The molecule has 3 heteroatoms. The third kappa shape index (κ3) is 3.14. The molecule has 2 nitrogen and oxygen atoms in total. The van der Waals surface area contributed by atoms with Crippen LogP contribution in [0.4, 0.5) is 0 Å². The number of thioether (sulfide) groups is 1. The van der Waals surface area contributed by atoms with Crippen molar-refractivity contribution in [1.29, 1.82) is 0 Å². The van der Waals surface area contributed by atoms with Gasteiger partial charge in [-0.05, 0) is 37.0 Å². The summed E-state index contributed by atoms with van der Waals surface area (Å²) in [5.41, 5.74) is 6.05. The predicted octanol–water partition coefficient (Wildman–Crippen LogP) is 2.52. The first-order chi connectivity index (χ1) is 7.29. The lowest BCUT2D eigenvalue weighted by Gasteiger charge is -2.09. The topological polar surface area (TPSA) is 35.2 Å². The number of methoxy groups -OCH3 is 1. The minimum absolute atomic E-state index is 0.362. The van der Waals surface area contributed by atoms with Gasteiger partial charge in [-0.1, -0.05) is 6.07 Å². The van der Waals surface area contributed by atoms with Gasteiger partial charge in [0.1, 0.15) is 5.75 Å². The van der Waals surface area contributed by atoms with Gasteiger partial charge in [-0.15, -0.1) is 11.8 Å². The smallest absolute Gasteiger partial charge is 0.119 e. The highest BCUT2D eigenvalue weighted by atomic mass is 32.2. The van der Waals surface area contributed by atoms with Gasteiger partial charge in [0.25, 0.3) is 0 Å². The summed E-state index contributed by atoms with van der Waals surface area (Å²) >= 11 is 1.82. The standard InChI is InChI=1S/C12H17NOS/c1-14-10-3-2-4-11(7-10)15-8-12(13)9-5-6-9/h2-4,7,9,12H,5-6,8,13H2,1H3. The summed E-state index contributed by atoms with van der Waals surface area (Å²) in [4.78, 5) is 1.24. The lowest BCUT2D eigenvalue weighted by Crippen LogP contribution is -2.24. The Morgan fingerprint density at radius 1 is 1.53 bits per heavy atom. The average molecular weight is 223 g/mol. The first kappa shape index (κ1) is 10.8. The first-order valence-electron chi connectivity index (χ1n) is 5.32. The van der Waals surface area contributed by atoms with Crippen LogP contribution in [-0.2, 0) is 0 Å². The second-order valence-corrected chi connectivity index (χ2v) is 5.08. The molecule has 1 aromatic rings. The van der Waals surface area contributed by atoms with Gasteiger partial charge in [0, 0.05) is 16.7 Å². The van der Waals surface area contributed by atoms with E-state index < -0.39 is 0 Å². The molecule has 0 aliphatic heterocycles. The molecular weight excluding hydrogens is 206 g/mol. The Hall–Kier alpha value is -0.670. The van der Waals surface area contributed by atoms with Crippen molar-refractivity contribution in [3.05, 3.63) is 24.3 Å². The molecule has 0 heterocycles. The van der Waals surface area contributed by atoms with Crippen LogP contribution < -0.4 is 10.5 Å². The Morgan fingerprint density at radius 3 is 3.00 bits per heavy atom. The number of hydrogen-bond donors (Lipinski definition) is 1. The monoisotopic (exact) mass is 223 g/mol. The summed E-state index contributed by atoms with van der Waals surface area (Å²) in [7, 11) is 1.69. The van der Waals surface area contributed by atoms with E-state index in [1.807, 2.05) is 23.9 Å². The molecule has 1 aliphatic carbocycles. The molecule has 2 N–H and O–H groups in total. The Kier molecular flexibility index (Phi) is 3.54. The summed E-state index contributed by atoms with van der Waals surface area (Å²) < 4.78 is 5.18. The average Bonchev–Trinajstić information content (AvgIpc) is 3.10. The molecule has 1 aliphatic rings. The van der Waals surface area contributed by atoms with Crippen LogP contribution in [0.5, 0.6) is 5.75 Å². The largest absolute Gasteiger partial charge is 0.497 e. The van der Waals surface area contributed by atoms with Gasteiger partial charge in [-0.2, -0.15) is 0 Å². The summed E-state index contributed by atoms with van der Waals surface area (Å²) in [5.74, 6) is 2.71. The Balaban J connectivity index is 1.86. The number of ether oxygens (including phenoxy) is 1. The summed E-state index contributed by atoms with van der Waals surface area (Å²) in [6.45, 7) is 0. The molecule has 0 spiro atoms. The zero-order valence-corrected chi connectivity index (χ0v) is 9.80. The number of hydrogen-bond acceptors (Lipinski definition) is 3. The molecule has 1 aromatic carbocycles. The van der Waals surface area contributed by atoms with Crippen LogP contribution in [0.15, 0.2) is 29.2 Å². The minimum atomic E-state index is 0.362. The van der Waals surface area contributed by atoms with Crippen molar-refractivity contribution in [2.45, 2.75) is 23.8 Å². The lowest BCUT2D eigenvalue weighted by atomic mass is 10.2. The molecule has 82 valence electrons. The summed E-state index contributed by atoms with van der Waals surface area (Å²) in [5, 5.41) is 0. The van der Waals surface area contributed by atoms with Crippen molar-refractivity contribution in [1.82, 2.24) is 0 Å². The van der Waals surface area contributed by atoms with Crippen LogP contribution in [0.25, 0.3) is 0 Å². The van der Waals surface area contributed by atoms with E-state index in [2.05, 4.69) is 12.1 Å². The number of benzene rings is 1. The van der Waals surface area contributed by atoms with E-state index in [1.165, 1.54) is 17.7 Å². The molecule has 1 atom stereocenters. The van der Waals surface area contributed by atoms with E-state index in [0.717, 1.165) is 17.4 Å². The van der Waals surface area contributed by atoms with Gasteiger partial charge in [0.05, 0.1) is 7.11 Å². The fourth-order valence-electron chi connectivity index (χ4n) is 1.54. The van der Waals surface area contributed by atoms with Crippen LogP contribution >= 0.6 is 11.8 Å². The van der Waals surface area contributed by atoms with Crippen molar-refractivity contribution in [3.63, 3.8) is 0 Å². The van der Waals surface area contributed by atoms with E-state index in [-0.39, 0.29) is 0 Å². The van der Waals surface area contributed by atoms with Crippen LogP contribution in [-0.4, -0.2) is 18.9 Å². The summed E-state index contributed by atoms with van der Waals surface area (Å²) in [6.07, 6.45) is 2.64. The Labute approximate surface area is 95.2 Å². The lowest BCUT2D eigenvalue weighted by molar-refractivity contribution is 0.413. The van der Waals surface area contributed by atoms with E-state index in [1.54, 1.807) is 7.11 Å². The maximum Gasteiger partial charge on any atom is 0.119 e. The van der Waals surface area contributed by atoms with E-state index in [9.17, 15) is 0 Å². The highest BCUT2D eigenvalue weighted by Crippen LogP contribution is 2.34. The maximum atomic E-state index is 6.05. The number of nitrogens with two attached hydrogens (primary N) is 1. The fraction of sp³-hybridized carbons (Fsp3) is 0.500. The van der Waals surface area contributed by atoms with E-state index in [4.69, 9.17) is 10.5 Å².